The summed E-state index contributed by atoms with van der Waals surface area (Å²) in [7, 11) is -3.86. The van der Waals surface area contributed by atoms with Gasteiger partial charge in [0.2, 0.25) is 5.91 Å². The minimum atomic E-state index is -3.86. The molecular weight excluding hydrogens is 434 g/mol. The molecule has 1 heterocycles. The fourth-order valence-electron chi connectivity index (χ4n) is 3.13. The van der Waals surface area contributed by atoms with Crippen LogP contribution in [0.2, 0.25) is 0 Å². The van der Waals surface area contributed by atoms with Crippen LogP contribution in [0.25, 0.3) is 11.0 Å². The number of phenolic OH excluding ortho intramolecular Hbond substituents is 1. The van der Waals surface area contributed by atoms with Crippen LogP contribution < -0.4 is 9.29 Å². The predicted octanol–water partition coefficient (Wildman–Crippen LogP) is 3.44. The Kier molecular flexibility index (Phi) is 5.71. The molecule has 9 heteroatoms. The molecule has 3 N–H and O–H groups in total. The summed E-state index contributed by atoms with van der Waals surface area (Å²) in [5.41, 5.74) is 2.36. The van der Waals surface area contributed by atoms with Crippen molar-refractivity contribution in [3.63, 3.8) is 0 Å². The normalized spacial score (nSPS) is 11.5. The van der Waals surface area contributed by atoms with E-state index in [1.807, 2.05) is 6.07 Å². The number of aromatic hydroxyl groups is 1. The van der Waals surface area contributed by atoms with Crippen LogP contribution in [0.1, 0.15) is 5.56 Å². The van der Waals surface area contributed by atoms with Gasteiger partial charge in [-0.05, 0) is 66.7 Å². The number of hydrogen-bond acceptors (Lipinski definition) is 5. The number of phenols is 1. The van der Waals surface area contributed by atoms with Crippen molar-refractivity contribution in [2.24, 2.45) is 0 Å². The average Bonchev–Trinajstić information content (AvgIpc) is 3.15. The number of aromatic nitrogens is 2. The molecular formula is C22H20N3O4S2+. The lowest BCUT2D eigenvalue weighted by molar-refractivity contribution is -0.526. The second-order valence-electron chi connectivity index (χ2n) is 6.87. The SMILES string of the molecule is Cc1cc(NC(=O)CSc2[nH]c3ccccc3[n+]2S(=O)(=O)c2ccccc2)ccc1O. The third-order valence-electron chi connectivity index (χ3n) is 4.65. The van der Waals surface area contributed by atoms with E-state index in [0.29, 0.717) is 27.4 Å². The standard InChI is InChI=1S/C22H19N3O4S2/c1-15-13-16(11-12-20(15)26)23-21(27)14-30-22-24-18-9-5-6-10-19(18)25(22)31(28,29)17-7-3-2-4-8-17/h2-13H,14H2,1H3,(H2,23,26,27)/p+1. The maximum atomic E-state index is 13.3. The third-order valence-corrected chi connectivity index (χ3v) is 7.46. The summed E-state index contributed by atoms with van der Waals surface area (Å²) in [6.07, 6.45) is 0. The molecule has 0 aliphatic carbocycles. The lowest BCUT2D eigenvalue weighted by Gasteiger charge is -2.07. The highest BCUT2D eigenvalue weighted by molar-refractivity contribution is 8.00. The number of carbonyl (C=O) groups is 1. The number of amides is 1. The molecule has 0 atom stereocenters. The van der Waals surface area contributed by atoms with Crippen LogP contribution in [0, 0.1) is 6.92 Å². The van der Waals surface area contributed by atoms with E-state index in [-0.39, 0.29) is 22.3 Å². The first-order valence-corrected chi connectivity index (χ1v) is 11.8. The molecule has 3 aromatic carbocycles. The van der Waals surface area contributed by atoms with Crippen LogP contribution in [0.15, 0.2) is 82.8 Å². The molecule has 4 aromatic rings. The van der Waals surface area contributed by atoms with E-state index in [9.17, 15) is 18.3 Å². The first-order valence-electron chi connectivity index (χ1n) is 9.42. The summed E-state index contributed by atoms with van der Waals surface area (Å²) in [5, 5.41) is 12.7. The molecule has 0 unspecified atom stereocenters. The fraction of sp³-hybridized carbons (Fsp3) is 0.0909. The lowest BCUT2D eigenvalue weighted by atomic mass is 10.2. The maximum Gasteiger partial charge on any atom is 0.336 e. The maximum absolute atomic E-state index is 13.3. The molecule has 0 aliphatic heterocycles. The molecule has 31 heavy (non-hydrogen) atoms. The number of thioether (sulfide) groups is 1. The van der Waals surface area contributed by atoms with Crippen LogP contribution in [-0.4, -0.2) is 30.2 Å². The number of aryl methyl sites for hydroxylation is 1. The Morgan fingerprint density at radius 1 is 1.06 bits per heavy atom. The number of nitrogens with one attached hydrogen (secondary N) is 2. The molecule has 0 fully saturated rings. The van der Waals surface area contributed by atoms with Crippen LogP contribution >= 0.6 is 11.8 Å². The second-order valence-corrected chi connectivity index (χ2v) is 9.62. The van der Waals surface area contributed by atoms with E-state index >= 15 is 0 Å². The van der Waals surface area contributed by atoms with Gasteiger partial charge in [-0.15, -0.1) is 3.97 Å². The zero-order valence-electron chi connectivity index (χ0n) is 16.6. The number of benzene rings is 3. The van der Waals surface area contributed by atoms with E-state index in [1.165, 1.54) is 10.0 Å². The Labute approximate surface area is 183 Å². The van der Waals surface area contributed by atoms with Gasteiger partial charge in [0.1, 0.15) is 10.6 Å². The topological polar surface area (TPSA) is 103 Å². The summed E-state index contributed by atoms with van der Waals surface area (Å²) in [6.45, 7) is 1.74. The van der Waals surface area contributed by atoms with Crippen molar-refractivity contribution in [2.75, 3.05) is 11.1 Å². The van der Waals surface area contributed by atoms with E-state index in [0.717, 1.165) is 11.8 Å². The molecule has 0 bridgehead atoms. The summed E-state index contributed by atoms with van der Waals surface area (Å²) >= 11 is 1.10. The van der Waals surface area contributed by atoms with Crippen LogP contribution in [0.5, 0.6) is 5.75 Å². The highest BCUT2D eigenvalue weighted by atomic mass is 32.2. The van der Waals surface area contributed by atoms with Crippen molar-refractivity contribution in [3.8, 4) is 5.75 Å². The fourth-order valence-corrected chi connectivity index (χ4v) is 5.71. The summed E-state index contributed by atoms with van der Waals surface area (Å²) in [5.74, 6) is -0.146. The lowest BCUT2D eigenvalue weighted by Crippen LogP contribution is -2.44. The smallest absolute Gasteiger partial charge is 0.336 e. The van der Waals surface area contributed by atoms with Gasteiger partial charge >= 0.3 is 15.2 Å². The van der Waals surface area contributed by atoms with E-state index in [4.69, 9.17) is 0 Å². The zero-order valence-corrected chi connectivity index (χ0v) is 18.2. The van der Waals surface area contributed by atoms with E-state index in [1.54, 1.807) is 67.6 Å². The number of carbonyl (C=O) groups excluding carboxylic acids is 1. The number of nitrogens with zero attached hydrogens (tertiary/aromatic N) is 1. The van der Waals surface area contributed by atoms with Gasteiger partial charge in [-0.25, -0.2) is 4.98 Å². The molecule has 1 aromatic heterocycles. The molecule has 0 radical (unpaired) electrons. The Morgan fingerprint density at radius 3 is 2.52 bits per heavy atom. The first-order chi connectivity index (χ1) is 14.9. The Hall–Kier alpha value is -3.30. The zero-order chi connectivity index (χ0) is 22.0. The monoisotopic (exact) mass is 454 g/mol. The van der Waals surface area contributed by atoms with Crippen molar-refractivity contribution >= 4 is 44.4 Å². The van der Waals surface area contributed by atoms with Gasteiger partial charge in [0.25, 0.3) is 0 Å². The molecule has 0 spiro atoms. The number of H-pyrrole nitrogens is 1. The van der Waals surface area contributed by atoms with Crippen molar-refractivity contribution in [2.45, 2.75) is 17.0 Å². The molecule has 0 saturated carbocycles. The molecule has 1 amide bonds. The van der Waals surface area contributed by atoms with E-state index in [2.05, 4.69) is 10.3 Å². The number of hydrogen-bond donors (Lipinski definition) is 3. The highest BCUT2D eigenvalue weighted by Crippen LogP contribution is 2.23. The van der Waals surface area contributed by atoms with Gasteiger partial charge in [-0.2, -0.15) is 8.42 Å². The van der Waals surface area contributed by atoms with Gasteiger partial charge in [0, 0.05) is 5.69 Å². The van der Waals surface area contributed by atoms with Gasteiger partial charge < -0.3 is 10.4 Å². The Bertz CT molecular complexity index is 1370. The number of anilines is 1. The van der Waals surface area contributed by atoms with Gasteiger partial charge in [-0.3, -0.25) is 4.79 Å². The number of rotatable bonds is 6. The molecule has 0 aliphatic rings. The summed E-state index contributed by atoms with van der Waals surface area (Å²) < 4.78 is 27.9. The minimum absolute atomic E-state index is 0.00292. The average molecular weight is 455 g/mol. The van der Waals surface area contributed by atoms with Gasteiger partial charge in [0.15, 0.2) is 11.0 Å². The van der Waals surface area contributed by atoms with E-state index < -0.39 is 10.0 Å². The Balaban J connectivity index is 1.63. The second kappa shape index (κ2) is 8.44. The van der Waals surface area contributed by atoms with Crippen LogP contribution in [0.4, 0.5) is 5.69 Å². The summed E-state index contributed by atoms with van der Waals surface area (Å²) in [4.78, 5) is 15.7. The van der Waals surface area contributed by atoms with Crippen molar-refractivity contribution in [3.05, 3.63) is 78.4 Å². The Morgan fingerprint density at radius 2 is 1.77 bits per heavy atom. The van der Waals surface area contributed by atoms with Crippen molar-refractivity contribution in [1.29, 1.82) is 0 Å². The third kappa shape index (κ3) is 4.28. The molecule has 7 nitrogen and oxygen atoms in total. The number of fused-ring (bicyclic) bond motifs is 1. The quantitative estimate of drug-likeness (QED) is 0.235. The molecule has 4 rings (SSSR count). The number of imidazole rings is 1. The van der Waals surface area contributed by atoms with Gasteiger partial charge in [-0.1, -0.05) is 30.3 Å². The van der Waals surface area contributed by atoms with Crippen molar-refractivity contribution < 1.29 is 22.3 Å². The number of para-hydroxylation sites is 2. The highest BCUT2D eigenvalue weighted by Gasteiger charge is 2.31. The number of aromatic amines is 1. The van der Waals surface area contributed by atoms with Crippen LogP contribution in [0.3, 0.4) is 0 Å². The predicted molar refractivity (Wildman–Crippen MR) is 120 cm³/mol. The first kappa shape index (κ1) is 21.0. The van der Waals surface area contributed by atoms with Crippen molar-refractivity contribution in [1.82, 2.24) is 4.98 Å². The molecule has 158 valence electrons. The largest absolute Gasteiger partial charge is 0.508 e. The van der Waals surface area contributed by atoms with Crippen LogP contribution in [-0.2, 0) is 14.8 Å². The minimum Gasteiger partial charge on any atom is -0.508 e. The van der Waals surface area contributed by atoms with Gasteiger partial charge in [0.05, 0.1) is 5.75 Å². The summed E-state index contributed by atoms with van der Waals surface area (Å²) in [6, 6.07) is 20.0. The molecule has 0 saturated heterocycles.